The molecular formula is C12H17BO. The van der Waals surface area contributed by atoms with Crippen LogP contribution in [0.4, 0.5) is 0 Å². The predicted molar refractivity (Wildman–Crippen MR) is 62.4 cm³/mol. The van der Waals surface area contributed by atoms with Crippen molar-refractivity contribution in [2.45, 2.75) is 31.3 Å². The number of aliphatic hydroxyl groups is 1. The summed E-state index contributed by atoms with van der Waals surface area (Å²) in [6, 6.07) is 8.56. The lowest BCUT2D eigenvalue weighted by molar-refractivity contribution is 0.163. The van der Waals surface area contributed by atoms with Crippen LogP contribution in [0, 0.1) is 6.32 Å². The summed E-state index contributed by atoms with van der Waals surface area (Å²) in [7, 11) is 0.305. The van der Waals surface area contributed by atoms with Gasteiger partial charge in [0.2, 0.25) is 0 Å². The van der Waals surface area contributed by atoms with Crippen LogP contribution in [-0.4, -0.2) is 19.1 Å². The Balaban J connectivity index is 2.30. The van der Waals surface area contributed by atoms with Crippen LogP contribution < -0.4 is 0 Å². The average molecular weight is 188 g/mol. The van der Waals surface area contributed by atoms with Crippen molar-refractivity contribution < 1.29 is 5.11 Å². The summed E-state index contributed by atoms with van der Waals surface area (Å²) in [5.41, 5.74) is 2.77. The second kappa shape index (κ2) is 4.10. The van der Waals surface area contributed by atoms with Gasteiger partial charge in [0.1, 0.15) is 0 Å². The summed E-state index contributed by atoms with van der Waals surface area (Å²) >= 11 is 0. The lowest BCUT2D eigenvalue weighted by Gasteiger charge is -2.13. The molecule has 14 heavy (non-hydrogen) atoms. The number of hydrogen-bond acceptors (Lipinski definition) is 1. The molecule has 1 unspecified atom stereocenters. The van der Waals surface area contributed by atoms with Gasteiger partial charge in [0.05, 0.1) is 23.1 Å². The molecule has 1 aliphatic rings. The highest BCUT2D eigenvalue weighted by Crippen LogP contribution is 2.36. The fraction of sp³-hybridized carbons (Fsp3) is 0.417. The fourth-order valence-corrected chi connectivity index (χ4v) is 2.15. The maximum Gasteiger partial charge on any atom is 0.0897 e. The Morgan fingerprint density at radius 2 is 2.07 bits per heavy atom. The predicted octanol–water partition coefficient (Wildman–Crippen LogP) is 1.19. The van der Waals surface area contributed by atoms with E-state index >= 15 is 0 Å². The maximum absolute atomic E-state index is 9.87. The van der Waals surface area contributed by atoms with E-state index in [1.807, 2.05) is 0 Å². The van der Waals surface area contributed by atoms with Crippen molar-refractivity contribution >= 4 is 7.85 Å². The molecular weight excluding hydrogens is 171 g/mol. The third kappa shape index (κ3) is 1.67. The molecule has 2 atom stereocenters. The second-order valence-corrected chi connectivity index (χ2v) is 3.73. The second-order valence-electron chi connectivity index (χ2n) is 3.73. The van der Waals surface area contributed by atoms with Gasteiger partial charge in [-0.2, -0.15) is 6.32 Å². The molecule has 0 bridgehead atoms. The average Bonchev–Trinajstić information content (AvgIpc) is 2.64. The van der Waals surface area contributed by atoms with E-state index in [9.17, 15) is 5.11 Å². The Hall–Kier alpha value is -0.885. The van der Waals surface area contributed by atoms with Crippen molar-refractivity contribution in [2.75, 3.05) is 0 Å². The van der Waals surface area contributed by atoms with Crippen molar-refractivity contribution in [1.82, 2.24) is 0 Å². The molecule has 0 spiro atoms. The monoisotopic (exact) mass is 188 g/mol. The minimum atomic E-state index is -0.101. The smallest absolute Gasteiger partial charge is 0.0897 e. The Morgan fingerprint density at radius 3 is 2.71 bits per heavy atom. The van der Waals surface area contributed by atoms with Gasteiger partial charge in [0.25, 0.3) is 0 Å². The van der Waals surface area contributed by atoms with Crippen LogP contribution in [0.5, 0.6) is 0 Å². The molecule has 0 heterocycles. The topological polar surface area (TPSA) is 20.2 Å². The first kappa shape index (κ1) is 9.66. The molecule has 0 saturated heterocycles. The molecule has 1 aromatic carbocycles. The minimum absolute atomic E-state index is 0.101. The van der Waals surface area contributed by atoms with E-state index in [1.165, 1.54) is 17.5 Å². The Kier molecular flexibility index (Phi) is 2.83. The van der Waals surface area contributed by atoms with E-state index in [1.54, 1.807) is 0 Å². The molecule has 1 saturated carbocycles. The van der Waals surface area contributed by atoms with Crippen molar-refractivity contribution in [2.24, 2.45) is 0 Å². The van der Waals surface area contributed by atoms with Gasteiger partial charge in [0, 0.05) is 13.9 Å². The van der Waals surface area contributed by atoms with Gasteiger partial charge >= 0.3 is 0 Å². The van der Waals surface area contributed by atoms with Crippen molar-refractivity contribution in [3.8, 4) is 0 Å². The number of hydrogen-bond donors (Lipinski definition) is 1. The molecule has 1 N–H and O–H groups in total. The van der Waals surface area contributed by atoms with E-state index in [0.29, 0.717) is 13.8 Å². The Bertz CT molecular complexity index is 311. The number of aliphatic hydroxyl groups excluding tert-OH is 1. The van der Waals surface area contributed by atoms with Gasteiger partial charge in [-0.15, -0.1) is 0 Å². The quantitative estimate of drug-likeness (QED) is 0.546. The number of benzene rings is 1. The van der Waals surface area contributed by atoms with E-state index in [0.717, 1.165) is 12.8 Å². The first-order valence-electron chi connectivity index (χ1n) is 4.81. The van der Waals surface area contributed by atoms with Crippen LogP contribution in [0.15, 0.2) is 24.3 Å². The van der Waals surface area contributed by atoms with Crippen molar-refractivity contribution in [3.05, 3.63) is 41.7 Å². The van der Waals surface area contributed by atoms with Crippen LogP contribution in [0.25, 0.3) is 0 Å². The Morgan fingerprint density at radius 1 is 1.29 bits per heavy atom. The van der Waals surface area contributed by atoms with Gasteiger partial charge in [-0.3, -0.25) is 0 Å². The third-order valence-corrected chi connectivity index (χ3v) is 2.87. The van der Waals surface area contributed by atoms with Gasteiger partial charge in [-0.05, 0) is 37.5 Å². The molecule has 2 heteroatoms. The SMILES string of the molecule is [BH3-][CH+]c1ccccc1C1CCC[C@@H]1O. The van der Waals surface area contributed by atoms with Gasteiger partial charge in [0.15, 0.2) is 0 Å². The summed E-state index contributed by atoms with van der Waals surface area (Å²) in [6.45, 7) is 0. The molecule has 0 radical (unpaired) electrons. The van der Waals surface area contributed by atoms with Gasteiger partial charge in [-0.1, -0.05) is 0 Å². The summed E-state index contributed by atoms with van der Waals surface area (Å²) in [4.78, 5) is 0. The summed E-state index contributed by atoms with van der Waals surface area (Å²) in [5, 5.41) is 9.87. The minimum Gasteiger partial charge on any atom is -0.391 e. The molecule has 1 aromatic rings. The zero-order chi connectivity index (χ0) is 9.97. The van der Waals surface area contributed by atoms with Crippen LogP contribution in [0.3, 0.4) is 0 Å². The highest BCUT2D eigenvalue weighted by Gasteiger charge is 2.31. The molecule has 0 amide bonds. The fourth-order valence-electron chi connectivity index (χ4n) is 2.15. The largest absolute Gasteiger partial charge is 0.391 e. The maximum atomic E-state index is 9.87. The molecule has 0 aromatic heterocycles. The first-order chi connectivity index (χ1) is 6.83. The lowest BCUT2D eigenvalue weighted by Crippen LogP contribution is -2.12. The standard InChI is InChI=1S/C12H17BO/c13-8-9-4-1-2-5-10(9)11-6-3-7-12(11)14/h1-2,4-5,8,11-12,14H,3,6-7H2,13H3/t11?,12-/m0/s1. The van der Waals surface area contributed by atoms with E-state index in [2.05, 4.69) is 30.6 Å². The highest BCUT2D eigenvalue weighted by atomic mass is 16.3. The molecule has 1 nitrogen and oxygen atoms in total. The molecule has 1 fully saturated rings. The summed E-state index contributed by atoms with van der Waals surface area (Å²) in [5.74, 6) is 0.403. The van der Waals surface area contributed by atoms with Crippen molar-refractivity contribution in [3.63, 3.8) is 0 Å². The van der Waals surface area contributed by atoms with Gasteiger partial charge in [-0.25, -0.2) is 0 Å². The highest BCUT2D eigenvalue weighted by molar-refractivity contribution is 6.17. The molecule has 0 aliphatic heterocycles. The normalized spacial score (nSPS) is 26.4. The zero-order valence-electron chi connectivity index (χ0n) is 7.61. The molecule has 1 aliphatic carbocycles. The van der Waals surface area contributed by atoms with Crippen LogP contribution in [0.1, 0.15) is 36.3 Å². The molecule has 2 rings (SSSR count). The van der Waals surface area contributed by atoms with Gasteiger partial charge < -0.3 is 5.11 Å². The summed E-state index contributed by atoms with van der Waals surface area (Å²) < 4.78 is 0. The Labute approximate surface area is 86.6 Å². The van der Waals surface area contributed by atoms with Crippen LogP contribution >= 0.6 is 0 Å². The van der Waals surface area contributed by atoms with E-state index in [4.69, 9.17) is 0 Å². The lowest BCUT2D eigenvalue weighted by atomic mass is 9.85. The zero-order valence-corrected chi connectivity index (χ0v) is 7.61. The van der Waals surface area contributed by atoms with E-state index in [-0.39, 0.29) is 6.10 Å². The van der Waals surface area contributed by atoms with Crippen LogP contribution in [-0.2, 0) is 0 Å². The van der Waals surface area contributed by atoms with Crippen LogP contribution in [0.2, 0.25) is 0 Å². The van der Waals surface area contributed by atoms with Crippen molar-refractivity contribution in [1.29, 1.82) is 0 Å². The first-order valence-corrected chi connectivity index (χ1v) is 4.81. The third-order valence-electron chi connectivity index (χ3n) is 2.87. The summed E-state index contributed by atoms with van der Waals surface area (Å²) in [6.07, 6.45) is 5.59. The number of rotatable bonds is 2. The van der Waals surface area contributed by atoms with E-state index < -0.39 is 0 Å². The molecule has 74 valence electrons.